The normalized spacial score (nSPS) is 16.8. The standard InChI is InChI=1S/C18H37N5O3/c1-15(2)26-13-11-23-9-6-16(7-10-23)21-18(19-8-12-25-5)20-14-17(24)22(3)4/h15-16H,6-14H2,1-5H3,(H2,19,20,21). The van der Waals surface area contributed by atoms with Crippen LogP contribution < -0.4 is 10.6 Å². The van der Waals surface area contributed by atoms with Gasteiger partial charge in [0.25, 0.3) is 0 Å². The van der Waals surface area contributed by atoms with E-state index in [1.54, 1.807) is 26.1 Å². The average molecular weight is 372 g/mol. The van der Waals surface area contributed by atoms with Gasteiger partial charge in [0, 0.05) is 53.4 Å². The van der Waals surface area contributed by atoms with Crippen molar-refractivity contribution in [1.29, 1.82) is 0 Å². The summed E-state index contributed by atoms with van der Waals surface area (Å²) < 4.78 is 10.7. The number of ether oxygens (including phenoxy) is 2. The number of piperidine rings is 1. The van der Waals surface area contributed by atoms with Gasteiger partial charge >= 0.3 is 0 Å². The van der Waals surface area contributed by atoms with Gasteiger partial charge in [-0.1, -0.05) is 0 Å². The Balaban J connectivity index is 2.42. The molecule has 1 heterocycles. The van der Waals surface area contributed by atoms with Crippen molar-refractivity contribution in [2.24, 2.45) is 4.99 Å². The Bertz CT molecular complexity index is 421. The van der Waals surface area contributed by atoms with Gasteiger partial charge in [-0.15, -0.1) is 0 Å². The van der Waals surface area contributed by atoms with Crippen molar-refractivity contribution in [1.82, 2.24) is 20.4 Å². The van der Waals surface area contributed by atoms with E-state index < -0.39 is 0 Å². The molecule has 1 aliphatic rings. The van der Waals surface area contributed by atoms with Gasteiger partial charge in [0.15, 0.2) is 5.96 Å². The summed E-state index contributed by atoms with van der Waals surface area (Å²) in [5.41, 5.74) is 0. The van der Waals surface area contributed by atoms with E-state index in [0.29, 0.717) is 25.2 Å². The van der Waals surface area contributed by atoms with Crippen LogP contribution >= 0.6 is 0 Å². The van der Waals surface area contributed by atoms with Crippen LogP contribution in [0.3, 0.4) is 0 Å². The first-order chi connectivity index (χ1) is 12.4. The molecule has 1 aliphatic heterocycles. The van der Waals surface area contributed by atoms with E-state index in [2.05, 4.69) is 34.4 Å². The van der Waals surface area contributed by atoms with E-state index in [0.717, 1.165) is 39.1 Å². The van der Waals surface area contributed by atoms with E-state index in [-0.39, 0.29) is 18.6 Å². The van der Waals surface area contributed by atoms with Crippen molar-refractivity contribution in [2.75, 3.05) is 67.1 Å². The number of hydrogen-bond donors (Lipinski definition) is 2. The molecule has 0 unspecified atom stereocenters. The molecule has 0 bridgehead atoms. The zero-order valence-electron chi connectivity index (χ0n) is 17.1. The van der Waals surface area contributed by atoms with Crippen LogP contribution in [0.5, 0.6) is 0 Å². The van der Waals surface area contributed by atoms with Gasteiger partial charge in [-0.3, -0.25) is 4.79 Å². The Morgan fingerprint density at radius 1 is 1.27 bits per heavy atom. The molecule has 1 amide bonds. The van der Waals surface area contributed by atoms with Gasteiger partial charge in [0.2, 0.25) is 5.91 Å². The molecule has 0 aromatic heterocycles. The maximum absolute atomic E-state index is 11.8. The molecule has 0 aromatic carbocycles. The number of carbonyl (C=O) groups is 1. The molecule has 0 aromatic rings. The highest BCUT2D eigenvalue weighted by Crippen LogP contribution is 2.10. The number of aliphatic imine (C=N–C) groups is 1. The number of likely N-dealkylation sites (tertiary alicyclic amines) is 1. The summed E-state index contributed by atoms with van der Waals surface area (Å²) in [7, 11) is 5.14. The smallest absolute Gasteiger partial charge is 0.243 e. The third-order valence-corrected chi connectivity index (χ3v) is 4.26. The second-order valence-electron chi connectivity index (χ2n) is 7.05. The second kappa shape index (κ2) is 12.9. The number of nitrogens with one attached hydrogen (secondary N) is 2. The lowest BCUT2D eigenvalue weighted by molar-refractivity contribution is -0.127. The molecule has 0 atom stereocenters. The lowest BCUT2D eigenvalue weighted by atomic mass is 10.1. The zero-order valence-corrected chi connectivity index (χ0v) is 17.1. The summed E-state index contributed by atoms with van der Waals surface area (Å²) in [6.07, 6.45) is 2.39. The number of nitrogens with zero attached hydrogens (tertiary/aromatic N) is 3. The first-order valence-electron chi connectivity index (χ1n) is 9.50. The SMILES string of the molecule is COCCNC(=NCC(=O)N(C)C)NC1CCN(CCOC(C)C)CC1. The molecule has 8 heteroatoms. The monoisotopic (exact) mass is 371 g/mol. The summed E-state index contributed by atoms with van der Waals surface area (Å²) >= 11 is 0. The largest absolute Gasteiger partial charge is 0.383 e. The highest BCUT2D eigenvalue weighted by atomic mass is 16.5. The van der Waals surface area contributed by atoms with E-state index >= 15 is 0 Å². The Kier molecular flexibility index (Phi) is 11.2. The highest BCUT2D eigenvalue weighted by Gasteiger charge is 2.20. The van der Waals surface area contributed by atoms with Crippen LogP contribution in [-0.4, -0.2) is 101 Å². The van der Waals surface area contributed by atoms with Crippen LogP contribution in [0.15, 0.2) is 4.99 Å². The number of likely N-dealkylation sites (N-methyl/N-ethyl adjacent to an activating group) is 1. The van der Waals surface area contributed by atoms with Crippen molar-refractivity contribution in [3.8, 4) is 0 Å². The van der Waals surface area contributed by atoms with Gasteiger partial charge in [0.05, 0.1) is 19.3 Å². The lowest BCUT2D eigenvalue weighted by Gasteiger charge is -2.33. The van der Waals surface area contributed by atoms with E-state index in [9.17, 15) is 4.79 Å². The maximum Gasteiger partial charge on any atom is 0.243 e. The first-order valence-corrected chi connectivity index (χ1v) is 9.50. The number of hydrogen-bond acceptors (Lipinski definition) is 5. The minimum Gasteiger partial charge on any atom is -0.383 e. The molecule has 0 saturated carbocycles. The van der Waals surface area contributed by atoms with Crippen molar-refractivity contribution >= 4 is 11.9 Å². The van der Waals surface area contributed by atoms with E-state index in [1.165, 1.54) is 0 Å². The lowest BCUT2D eigenvalue weighted by Crippen LogP contribution is -2.49. The van der Waals surface area contributed by atoms with Crippen LogP contribution in [0.25, 0.3) is 0 Å². The summed E-state index contributed by atoms with van der Waals surface area (Å²) in [6, 6.07) is 0.362. The number of methoxy groups -OCH3 is 1. The molecule has 152 valence electrons. The van der Waals surface area contributed by atoms with Gasteiger partial charge in [-0.25, -0.2) is 4.99 Å². The Hall–Kier alpha value is -1.38. The molecular formula is C18H37N5O3. The summed E-state index contributed by atoms with van der Waals surface area (Å²) in [5, 5.41) is 6.69. The topological polar surface area (TPSA) is 78.4 Å². The summed E-state index contributed by atoms with van der Waals surface area (Å²) in [5.74, 6) is 0.664. The van der Waals surface area contributed by atoms with Crippen LogP contribution in [0, 0.1) is 0 Å². The van der Waals surface area contributed by atoms with Crippen molar-refractivity contribution in [3.05, 3.63) is 0 Å². The maximum atomic E-state index is 11.8. The molecule has 2 N–H and O–H groups in total. The Morgan fingerprint density at radius 3 is 2.54 bits per heavy atom. The molecule has 1 fully saturated rings. The van der Waals surface area contributed by atoms with Crippen molar-refractivity contribution in [3.63, 3.8) is 0 Å². The van der Waals surface area contributed by atoms with Gasteiger partial charge < -0.3 is 29.9 Å². The fourth-order valence-electron chi connectivity index (χ4n) is 2.62. The summed E-state index contributed by atoms with van der Waals surface area (Å²) in [4.78, 5) is 20.2. The molecule has 26 heavy (non-hydrogen) atoms. The third-order valence-electron chi connectivity index (χ3n) is 4.26. The number of amides is 1. The molecule has 8 nitrogen and oxygen atoms in total. The van der Waals surface area contributed by atoms with Gasteiger partial charge in [-0.05, 0) is 26.7 Å². The minimum atomic E-state index is -0.0159. The molecule has 0 aliphatic carbocycles. The fourth-order valence-corrected chi connectivity index (χ4v) is 2.62. The first kappa shape index (κ1) is 22.7. The molecule has 0 radical (unpaired) electrons. The molecule has 1 saturated heterocycles. The number of guanidine groups is 1. The van der Waals surface area contributed by atoms with Crippen molar-refractivity contribution in [2.45, 2.75) is 38.8 Å². The fraction of sp³-hybridized carbons (Fsp3) is 0.889. The third kappa shape index (κ3) is 9.94. The minimum absolute atomic E-state index is 0.0159. The zero-order chi connectivity index (χ0) is 19.4. The average Bonchev–Trinajstić information content (AvgIpc) is 2.60. The van der Waals surface area contributed by atoms with E-state index in [1.807, 2.05) is 0 Å². The number of rotatable bonds is 10. The summed E-state index contributed by atoms with van der Waals surface area (Å²) in [6.45, 7) is 9.37. The van der Waals surface area contributed by atoms with Gasteiger partial charge in [-0.2, -0.15) is 0 Å². The molecule has 0 spiro atoms. The molecule has 1 rings (SSSR count). The van der Waals surface area contributed by atoms with Crippen molar-refractivity contribution < 1.29 is 14.3 Å². The van der Waals surface area contributed by atoms with E-state index in [4.69, 9.17) is 9.47 Å². The van der Waals surface area contributed by atoms with Crippen LogP contribution in [0.1, 0.15) is 26.7 Å². The predicted molar refractivity (Wildman–Crippen MR) is 105 cm³/mol. The Morgan fingerprint density at radius 2 is 1.96 bits per heavy atom. The quantitative estimate of drug-likeness (QED) is 0.323. The van der Waals surface area contributed by atoms with Gasteiger partial charge in [0.1, 0.15) is 6.54 Å². The second-order valence-corrected chi connectivity index (χ2v) is 7.05. The van der Waals surface area contributed by atoms with Crippen LogP contribution in [-0.2, 0) is 14.3 Å². The predicted octanol–water partition coefficient (Wildman–Crippen LogP) is 0.146. The Labute approximate surface area is 158 Å². The number of carbonyl (C=O) groups excluding carboxylic acids is 1. The van der Waals surface area contributed by atoms with Crippen LogP contribution in [0.4, 0.5) is 0 Å². The highest BCUT2D eigenvalue weighted by molar-refractivity contribution is 5.84. The molecular weight excluding hydrogens is 334 g/mol. The van der Waals surface area contributed by atoms with Crippen LogP contribution in [0.2, 0.25) is 0 Å².